The molecular weight excluding hydrogens is 369 g/mol. The van der Waals surface area contributed by atoms with Crippen LogP contribution >= 0.6 is 0 Å². The minimum absolute atomic E-state index is 0.0643. The molecule has 29 heavy (non-hydrogen) atoms. The van der Waals surface area contributed by atoms with Crippen LogP contribution in [0.25, 0.3) is 0 Å². The van der Waals surface area contributed by atoms with Crippen LogP contribution in [0.3, 0.4) is 0 Å². The molecule has 3 rings (SSSR count). The zero-order chi connectivity index (χ0) is 20.5. The van der Waals surface area contributed by atoms with Crippen LogP contribution < -0.4 is 10.6 Å². The summed E-state index contributed by atoms with van der Waals surface area (Å²) in [6.07, 6.45) is 3.09. The molecule has 1 aromatic heterocycles. The largest absolute Gasteiger partial charge is 0.351 e. The number of amides is 2. The molecule has 148 valence electrons. The van der Waals surface area contributed by atoms with E-state index in [2.05, 4.69) is 15.6 Å². The van der Waals surface area contributed by atoms with E-state index in [4.69, 9.17) is 0 Å². The Kier molecular flexibility index (Phi) is 7.05. The molecule has 0 aliphatic rings. The molecule has 3 aromatic rings. The van der Waals surface area contributed by atoms with E-state index in [1.54, 1.807) is 18.2 Å². The van der Waals surface area contributed by atoms with Crippen LogP contribution in [0, 0.1) is 5.82 Å². The van der Waals surface area contributed by atoms with Gasteiger partial charge in [-0.2, -0.15) is 0 Å². The van der Waals surface area contributed by atoms with Gasteiger partial charge < -0.3 is 10.6 Å². The summed E-state index contributed by atoms with van der Waals surface area (Å²) in [6.45, 7) is 0.577. The summed E-state index contributed by atoms with van der Waals surface area (Å²) in [7, 11) is 0. The number of hydrogen-bond donors (Lipinski definition) is 2. The van der Waals surface area contributed by atoms with Crippen molar-refractivity contribution in [3.8, 4) is 0 Å². The molecule has 2 aromatic carbocycles. The van der Waals surface area contributed by atoms with E-state index in [0.717, 1.165) is 12.8 Å². The first-order valence-corrected chi connectivity index (χ1v) is 9.43. The molecular formula is C23H22FN3O2. The van der Waals surface area contributed by atoms with E-state index < -0.39 is 5.91 Å². The normalized spacial score (nSPS) is 10.4. The predicted molar refractivity (Wildman–Crippen MR) is 109 cm³/mol. The Morgan fingerprint density at radius 3 is 2.45 bits per heavy atom. The number of nitrogens with one attached hydrogen (secondary N) is 2. The minimum atomic E-state index is -0.395. The number of carbonyl (C=O) groups is 2. The monoisotopic (exact) mass is 391 g/mol. The molecule has 6 heteroatoms. The van der Waals surface area contributed by atoms with Crippen molar-refractivity contribution in [1.82, 2.24) is 15.6 Å². The summed E-state index contributed by atoms with van der Waals surface area (Å²) in [5, 5.41) is 5.47. The summed E-state index contributed by atoms with van der Waals surface area (Å²) in [4.78, 5) is 28.7. The molecule has 0 spiro atoms. The zero-order valence-corrected chi connectivity index (χ0v) is 15.9. The third kappa shape index (κ3) is 5.97. The fourth-order valence-electron chi connectivity index (χ4n) is 2.84. The topological polar surface area (TPSA) is 71.1 Å². The molecule has 2 amide bonds. The molecule has 0 radical (unpaired) electrons. The minimum Gasteiger partial charge on any atom is -0.351 e. The third-order valence-electron chi connectivity index (χ3n) is 4.42. The van der Waals surface area contributed by atoms with Gasteiger partial charge in [-0.15, -0.1) is 0 Å². The van der Waals surface area contributed by atoms with Crippen molar-refractivity contribution >= 4 is 11.8 Å². The van der Waals surface area contributed by atoms with Crippen molar-refractivity contribution in [3.05, 3.63) is 101 Å². The van der Waals surface area contributed by atoms with Crippen molar-refractivity contribution < 1.29 is 14.0 Å². The zero-order valence-electron chi connectivity index (χ0n) is 15.9. The number of aryl methyl sites for hydroxylation is 1. The maximum absolute atomic E-state index is 13.7. The molecule has 0 aliphatic heterocycles. The van der Waals surface area contributed by atoms with Crippen LogP contribution in [-0.4, -0.2) is 23.3 Å². The van der Waals surface area contributed by atoms with Gasteiger partial charge in [0.1, 0.15) is 11.5 Å². The highest BCUT2D eigenvalue weighted by Gasteiger charge is 2.12. The van der Waals surface area contributed by atoms with Crippen molar-refractivity contribution in [2.45, 2.75) is 19.4 Å². The maximum Gasteiger partial charge on any atom is 0.269 e. The molecule has 0 unspecified atom stereocenters. The summed E-state index contributed by atoms with van der Waals surface area (Å²) in [5.41, 5.74) is 2.08. The van der Waals surface area contributed by atoms with Gasteiger partial charge in [0.05, 0.1) is 0 Å². The lowest BCUT2D eigenvalue weighted by molar-refractivity contribution is 0.0948. The number of carbonyl (C=O) groups excluding carboxylic acids is 2. The SMILES string of the molecule is O=C(NCc1ccccc1F)c1ccnc(C(=O)NCCCc2ccccc2)c1. The second-order valence-electron chi connectivity index (χ2n) is 6.55. The number of nitrogens with zero attached hydrogens (tertiary/aromatic N) is 1. The Balaban J connectivity index is 1.50. The van der Waals surface area contributed by atoms with Crippen molar-refractivity contribution in [1.29, 1.82) is 0 Å². The van der Waals surface area contributed by atoms with E-state index in [0.29, 0.717) is 17.7 Å². The first-order valence-electron chi connectivity index (χ1n) is 9.43. The van der Waals surface area contributed by atoms with Crippen LogP contribution in [0.1, 0.15) is 38.4 Å². The van der Waals surface area contributed by atoms with Crippen molar-refractivity contribution in [2.75, 3.05) is 6.54 Å². The summed E-state index contributed by atoms with van der Waals surface area (Å²) >= 11 is 0. The van der Waals surface area contributed by atoms with Gasteiger partial charge in [0.15, 0.2) is 0 Å². The van der Waals surface area contributed by atoms with E-state index >= 15 is 0 Å². The number of halogens is 1. The Morgan fingerprint density at radius 1 is 0.897 bits per heavy atom. The molecule has 0 aliphatic carbocycles. The van der Waals surface area contributed by atoms with E-state index in [9.17, 15) is 14.0 Å². The van der Waals surface area contributed by atoms with Gasteiger partial charge >= 0.3 is 0 Å². The second-order valence-corrected chi connectivity index (χ2v) is 6.55. The molecule has 0 saturated heterocycles. The number of rotatable bonds is 8. The highest BCUT2D eigenvalue weighted by molar-refractivity contribution is 5.98. The Labute approximate surface area is 169 Å². The van der Waals surface area contributed by atoms with Crippen LogP contribution in [-0.2, 0) is 13.0 Å². The summed E-state index contributed by atoms with van der Waals surface area (Å²) in [5.74, 6) is -1.10. The Bertz CT molecular complexity index is 977. The third-order valence-corrected chi connectivity index (χ3v) is 4.42. The first kappa shape index (κ1) is 20.2. The molecule has 5 nitrogen and oxygen atoms in total. The lowest BCUT2D eigenvalue weighted by Crippen LogP contribution is -2.27. The highest BCUT2D eigenvalue weighted by Crippen LogP contribution is 2.07. The summed E-state index contributed by atoms with van der Waals surface area (Å²) < 4.78 is 13.7. The van der Waals surface area contributed by atoms with Gasteiger partial charge in [-0.1, -0.05) is 48.5 Å². The van der Waals surface area contributed by atoms with Crippen LogP contribution in [0.2, 0.25) is 0 Å². The molecule has 0 saturated carbocycles. The van der Waals surface area contributed by atoms with Gasteiger partial charge in [0, 0.05) is 30.4 Å². The number of hydrogen-bond acceptors (Lipinski definition) is 3. The van der Waals surface area contributed by atoms with Crippen LogP contribution in [0.5, 0.6) is 0 Å². The molecule has 1 heterocycles. The Morgan fingerprint density at radius 2 is 1.66 bits per heavy atom. The molecule has 0 bridgehead atoms. The van der Waals surface area contributed by atoms with Crippen molar-refractivity contribution in [2.24, 2.45) is 0 Å². The predicted octanol–water partition coefficient (Wildman–Crippen LogP) is 3.51. The van der Waals surface area contributed by atoms with E-state index in [1.807, 2.05) is 30.3 Å². The van der Waals surface area contributed by atoms with Crippen LogP contribution in [0.15, 0.2) is 72.9 Å². The lowest BCUT2D eigenvalue weighted by Gasteiger charge is -2.08. The van der Waals surface area contributed by atoms with Crippen LogP contribution in [0.4, 0.5) is 4.39 Å². The highest BCUT2D eigenvalue weighted by atomic mass is 19.1. The average Bonchev–Trinajstić information content (AvgIpc) is 2.76. The Hall–Kier alpha value is -3.54. The van der Waals surface area contributed by atoms with Gasteiger partial charge in [-0.05, 0) is 36.6 Å². The number of aromatic nitrogens is 1. The molecule has 0 fully saturated rings. The number of pyridine rings is 1. The average molecular weight is 391 g/mol. The quantitative estimate of drug-likeness (QED) is 0.577. The summed E-state index contributed by atoms with van der Waals surface area (Å²) in [6, 6.07) is 19.2. The van der Waals surface area contributed by atoms with Gasteiger partial charge in [0.25, 0.3) is 11.8 Å². The standard InChI is InChI=1S/C23H22FN3O2/c24-20-11-5-4-10-19(20)16-27-22(28)18-12-14-25-21(15-18)23(29)26-13-6-9-17-7-2-1-3-8-17/h1-5,7-8,10-12,14-15H,6,9,13,16H2,(H,26,29)(H,27,28). The lowest BCUT2D eigenvalue weighted by atomic mass is 10.1. The van der Waals surface area contributed by atoms with E-state index in [-0.39, 0.29) is 24.0 Å². The molecule has 2 N–H and O–H groups in total. The first-order chi connectivity index (χ1) is 14.1. The van der Waals surface area contributed by atoms with Crippen molar-refractivity contribution in [3.63, 3.8) is 0 Å². The number of benzene rings is 2. The fourth-order valence-corrected chi connectivity index (χ4v) is 2.84. The fraction of sp³-hybridized carbons (Fsp3) is 0.174. The van der Waals surface area contributed by atoms with E-state index in [1.165, 1.54) is 30.0 Å². The maximum atomic E-state index is 13.7. The van der Waals surface area contributed by atoms with Gasteiger partial charge in [-0.3, -0.25) is 14.6 Å². The molecule has 0 atom stereocenters. The van der Waals surface area contributed by atoms with Gasteiger partial charge in [-0.25, -0.2) is 4.39 Å². The smallest absolute Gasteiger partial charge is 0.269 e. The van der Waals surface area contributed by atoms with Gasteiger partial charge in [0.2, 0.25) is 0 Å². The second kappa shape index (κ2) is 10.1.